The summed E-state index contributed by atoms with van der Waals surface area (Å²) >= 11 is 0. The second kappa shape index (κ2) is 5.49. The third-order valence-corrected chi connectivity index (χ3v) is 2.34. The summed E-state index contributed by atoms with van der Waals surface area (Å²) in [6.45, 7) is 6.54. The Morgan fingerprint density at radius 2 is 2.29 bits per heavy atom. The highest BCUT2D eigenvalue weighted by atomic mass is 16.7. The molecule has 0 radical (unpaired) electrons. The predicted molar refractivity (Wildman–Crippen MR) is 54.9 cm³/mol. The molecule has 82 valence electrons. The van der Waals surface area contributed by atoms with Gasteiger partial charge in [0.15, 0.2) is 6.29 Å². The number of rotatable bonds is 4. The average Bonchev–Trinajstić information content (AvgIpc) is 2.17. The summed E-state index contributed by atoms with van der Waals surface area (Å²) in [5, 5.41) is 9.81. The molecule has 0 unspecified atom stereocenters. The quantitative estimate of drug-likeness (QED) is 0.702. The molecule has 0 aromatic rings. The van der Waals surface area contributed by atoms with E-state index in [1.165, 1.54) is 0 Å². The maximum absolute atomic E-state index is 9.81. The molecule has 1 heterocycles. The predicted octanol–water partition coefficient (Wildman–Crippen LogP) is 1.71. The van der Waals surface area contributed by atoms with E-state index in [1.807, 2.05) is 32.9 Å². The van der Waals surface area contributed by atoms with Crippen molar-refractivity contribution in [2.45, 2.75) is 45.7 Å². The Hall–Kier alpha value is -0.380. The fraction of sp³-hybridized carbons (Fsp3) is 0.818. The van der Waals surface area contributed by atoms with Gasteiger partial charge in [-0.25, -0.2) is 0 Å². The monoisotopic (exact) mass is 200 g/mol. The fourth-order valence-electron chi connectivity index (χ4n) is 1.47. The van der Waals surface area contributed by atoms with Gasteiger partial charge < -0.3 is 14.6 Å². The van der Waals surface area contributed by atoms with Crippen LogP contribution in [-0.2, 0) is 9.47 Å². The van der Waals surface area contributed by atoms with E-state index in [0.717, 1.165) is 6.42 Å². The van der Waals surface area contributed by atoms with Gasteiger partial charge in [-0.15, -0.1) is 0 Å². The molecule has 1 rings (SSSR count). The largest absolute Gasteiger partial charge is 0.390 e. The third-order valence-electron chi connectivity index (χ3n) is 2.34. The van der Waals surface area contributed by atoms with E-state index in [2.05, 4.69) is 0 Å². The zero-order valence-corrected chi connectivity index (χ0v) is 9.14. The van der Waals surface area contributed by atoms with E-state index in [-0.39, 0.29) is 18.3 Å². The molecule has 1 aliphatic rings. The van der Waals surface area contributed by atoms with E-state index >= 15 is 0 Å². The van der Waals surface area contributed by atoms with E-state index in [0.29, 0.717) is 6.61 Å². The summed E-state index contributed by atoms with van der Waals surface area (Å²) < 4.78 is 10.9. The molecule has 0 amide bonds. The number of ether oxygens (including phenoxy) is 2. The molecule has 0 aliphatic carbocycles. The van der Waals surface area contributed by atoms with Crippen LogP contribution in [0.15, 0.2) is 12.2 Å². The molecule has 1 N–H and O–H groups in total. The van der Waals surface area contributed by atoms with Crippen molar-refractivity contribution in [2.75, 3.05) is 6.61 Å². The van der Waals surface area contributed by atoms with Crippen molar-refractivity contribution >= 4 is 0 Å². The number of hydrogen-bond donors (Lipinski definition) is 1. The number of aliphatic hydroxyl groups excluding tert-OH is 1. The SMILES string of the molecule is CCO[C@@H]1CC=C[C@H]([C@H](O)C(C)C)O1. The lowest BCUT2D eigenvalue weighted by Gasteiger charge is -2.30. The van der Waals surface area contributed by atoms with Crippen LogP contribution >= 0.6 is 0 Å². The molecule has 3 heteroatoms. The summed E-state index contributed by atoms with van der Waals surface area (Å²) in [6, 6.07) is 0. The highest BCUT2D eigenvalue weighted by Gasteiger charge is 2.26. The Morgan fingerprint density at radius 1 is 1.57 bits per heavy atom. The lowest BCUT2D eigenvalue weighted by Crippen LogP contribution is -2.37. The first-order chi connectivity index (χ1) is 6.65. The second-order valence-electron chi connectivity index (χ2n) is 3.88. The van der Waals surface area contributed by atoms with Crippen molar-refractivity contribution in [3.63, 3.8) is 0 Å². The van der Waals surface area contributed by atoms with Crippen LogP contribution in [0.2, 0.25) is 0 Å². The topological polar surface area (TPSA) is 38.7 Å². The van der Waals surface area contributed by atoms with Crippen LogP contribution in [0.4, 0.5) is 0 Å². The van der Waals surface area contributed by atoms with Crippen molar-refractivity contribution in [3.8, 4) is 0 Å². The van der Waals surface area contributed by atoms with Crippen molar-refractivity contribution in [1.29, 1.82) is 0 Å². The molecular weight excluding hydrogens is 180 g/mol. The summed E-state index contributed by atoms with van der Waals surface area (Å²) in [7, 11) is 0. The second-order valence-corrected chi connectivity index (χ2v) is 3.88. The molecule has 0 spiro atoms. The third kappa shape index (κ3) is 3.08. The standard InChI is InChI=1S/C11H20O3/c1-4-13-10-7-5-6-9(14-10)11(12)8(2)3/h5-6,8-12H,4,7H2,1-3H3/t9-,10+,11-/m1/s1. The Bertz CT molecular complexity index is 189. The van der Waals surface area contributed by atoms with Gasteiger partial charge in [-0.1, -0.05) is 26.0 Å². The summed E-state index contributed by atoms with van der Waals surface area (Å²) in [4.78, 5) is 0. The van der Waals surface area contributed by atoms with E-state index in [4.69, 9.17) is 9.47 Å². The minimum Gasteiger partial charge on any atom is -0.390 e. The van der Waals surface area contributed by atoms with Crippen molar-refractivity contribution < 1.29 is 14.6 Å². The maximum Gasteiger partial charge on any atom is 0.161 e. The fourth-order valence-corrected chi connectivity index (χ4v) is 1.47. The lowest BCUT2D eigenvalue weighted by molar-refractivity contribution is -0.185. The van der Waals surface area contributed by atoms with Crippen LogP contribution in [0.5, 0.6) is 0 Å². The van der Waals surface area contributed by atoms with Gasteiger partial charge in [0.25, 0.3) is 0 Å². The minimum absolute atomic E-state index is 0.191. The highest BCUT2D eigenvalue weighted by Crippen LogP contribution is 2.19. The minimum atomic E-state index is -0.450. The van der Waals surface area contributed by atoms with Gasteiger partial charge in [0, 0.05) is 13.0 Å². The molecule has 14 heavy (non-hydrogen) atoms. The van der Waals surface area contributed by atoms with Crippen LogP contribution in [0.3, 0.4) is 0 Å². The highest BCUT2D eigenvalue weighted by molar-refractivity contribution is 4.98. The van der Waals surface area contributed by atoms with Gasteiger partial charge in [-0.05, 0) is 12.8 Å². The number of aliphatic hydroxyl groups is 1. The van der Waals surface area contributed by atoms with Crippen LogP contribution in [0.25, 0.3) is 0 Å². The normalized spacial score (nSPS) is 29.5. The molecule has 0 saturated heterocycles. The van der Waals surface area contributed by atoms with Gasteiger partial charge in [0.1, 0.15) is 6.10 Å². The van der Waals surface area contributed by atoms with E-state index < -0.39 is 6.10 Å². The van der Waals surface area contributed by atoms with Crippen molar-refractivity contribution in [1.82, 2.24) is 0 Å². The van der Waals surface area contributed by atoms with Gasteiger partial charge in [-0.2, -0.15) is 0 Å². The molecule has 0 saturated carbocycles. The average molecular weight is 200 g/mol. The Labute approximate surface area is 85.7 Å². The lowest BCUT2D eigenvalue weighted by atomic mass is 10.00. The van der Waals surface area contributed by atoms with E-state index in [9.17, 15) is 5.11 Å². The molecule has 0 bridgehead atoms. The van der Waals surface area contributed by atoms with Crippen LogP contribution in [-0.4, -0.2) is 30.2 Å². The van der Waals surface area contributed by atoms with Gasteiger partial charge in [-0.3, -0.25) is 0 Å². The molecule has 3 nitrogen and oxygen atoms in total. The first-order valence-electron chi connectivity index (χ1n) is 5.27. The Morgan fingerprint density at radius 3 is 2.86 bits per heavy atom. The summed E-state index contributed by atoms with van der Waals surface area (Å²) in [5.41, 5.74) is 0. The Balaban J connectivity index is 2.47. The first kappa shape index (κ1) is 11.7. The summed E-state index contributed by atoms with van der Waals surface area (Å²) in [5.74, 6) is 0.199. The smallest absolute Gasteiger partial charge is 0.161 e. The molecule has 0 aromatic heterocycles. The zero-order valence-electron chi connectivity index (χ0n) is 9.14. The molecule has 1 aliphatic heterocycles. The van der Waals surface area contributed by atoms with Gasteiger partial charge >= 0.3 is 0 Å². The van der Waals surface area contributed by atoms with Crippen LogP contribution in [0.1, 0.15) is 27.2 Å². The first-order valence-corrected chi connectivity index (χ1v) is 5.27. The van der Waals surface area contributed by atoms with Gasteiger partial charge in [0.05, 0.1) is 6.10 Å². The summed E-state index contributed by atoms with van der Waals surface area (Å²) in [6.07, 6.45) is 3.84. The van der Waals surface area contributed by atoms with Crippen molar-refractivity contribution in [2.24, 2.45) is 5.92 Å². The molecule has 3 atom stereocenters. The molecular formula is C11H20O3. The molecule has 0 fully saturated rings. The maximum atomic E-state index is 9.81. The van der Waals surface area contributed by atoms with Crippen molar-refractivity contribution in [3.05, 3.63) is 12.2 Å². The Kier molecular flexibility index (Phi) is 4.58. The van der Waals surface area contributed by atoms with Gasteiger partial charge in [0.2, 0.25) is 0 Å². The van der Waals surface area contributed by atoms with Crippen LogP contribution < -0.4 is 0 Å². The van der Waals surface area contributed by atoms with Crippen LogP contribution in [0, 0.1) is 5.92 Å². The van der Waals surface area contributed by atoms with E-state index in [1.54, 1.807) is 0 Å². The molecule has 0 aromatic carbocycles. The zero-order chi connectivity index (χ0) is 10.6. The number of hydrogen-bond acceptors (Lipinski definition) is 3.